The highest BCUT2D eigenvalue weighted by molar-refractivity contribution is 5.72. The highest BCUT2D eigenvalue weighted by atomic mass is 19.4. The van der Waals surface area contributed by atoms with Gasteiger partial charge < -0.3 is 5.32 Å². The normalized spacial score (nSPS) is 15.4. The van der Waals surface area contributed by atoms with Crippen LogP contribution in [-0.2, 0) is 23.6 Å². The molecule has 0 bridgehead atoms. The van der Waals surface area contributed by atoms with Gasteiger partial charge in [-0.15, -0.1) is 0 Å². The lowest BCUT2D eigenvalue weighted by Crippen LogP contribution is -2.24. The molecule has 4 nitrogen and oxygen atoms in total. The fourth-order valence-corrected chi connectivity index (χ4v) is 2.22. The standard InChI is InChI=1S/C15H12F6N2O2/c16-14(17,18)12-4-2-9(5-13(12)15(19,20)21)1-3-10-7-23(25)11(8-24)6-22-10/h2,4-8,22,25H,1,3H2. The Bertz CT molecular complexity index is 722. The van der Waals surface area contributed by atoms with Gasteiger partial charge in [0.1, 0.15) is 5.70 Å². The molecular weight excluding hydrogens is 354 g/mol. The lowest BCUT2D eigenvalue weighted by Gasteiger charge is -2.20. The third-order valence-electron chi connectivity index (χ3n) is 3.45. The molecule has 0 fully saturated rings. The predicted molar refractivity (Wildman–Crippen MR) is 73.8 cm³/mol. The van der Waals surface area contributed by atoms with Crippen molar-refractivity contribution in [3.63, 3.8) is 0 Å². The molecule has 1 aromatic rings. The largest absolute Gasteiger partial charge is 0.417 e. The average molecular weight is 366 g/mol. The Morgan fingerprint density at radius 3 is 2.20 bits per heavy atom. The summed E-state index contributed by atoms with van der Waals surface area (Å²) >= 11 is 0. The smallest absolute Gasteiger partial charge is 0.362 e. The number of nitrogens with zero attached hydrogens (tertiary/aromatic N) is 1. The minimum atomic E-state index is -5.13. The van der Waals surface area contributed by atoms with Crippen LogP contribution in [0.15, 0.2) is 42.0 Å². The minimum Gasteiger partial charge on any atom is -0.362 e. The molecule has 10 heteroatoms. The Morgan fingerprint density at radius 2 is 1.68 bits per heavy atom. The van der Waals surface area contributed by atoms with Crippen molar-refractivity contribution in [3.05, 3.63) is 58.7 Å². The number of aryl methyl sites for hydroxylation is 1. The van der Waals surface area contributed by atoms with Gasteiger partial charge in [-0.25, -0.2) is 5.06 Å². The quantitative estimate of drug-likeness (QED) is 0.628. The molecular formula is C15H12F6N2O2. The van der Waals surface area contributed by atoms with Gasteiger partial charge in [0.05, 0.1) is 17.3 Å². The van der Waals surface area contributed by atoms with Crippen LogP contribution in [0.2, 0.25) is 0 Å². The van der Waals surface area contributed by atoms with Gasteiger partial charge in [-0.1, -0.05) is 6.07 Å². The maximum Gasteiger partial charge on any atom is 0.417 e. The van der Waals surface area contributed by atoms with E-state index in [0.29, 0.717) is 29.2 Å². The molecule has 0 aromatic heterocycles. The number of halogens is 6. The number of hydrogen-bond acceptors (Lipinski definition) is 4. The van der Waals surface area contributed by atoms with E-state index in [1.54, 1.807) is 0 Å². The first-order valence-corrected chi connectivity index (χ1v) is 6.90. The number of benzene rings is 1. The van der Waals surface area contributed by atoms with E-state index in [0.717, 1.165) is 12.3 Å². The Balaban J connectivity index is 2.18. The Morgan fingerprint density at radius 1 is 1.04 bits per heavy atom. The molecule has 0 saturated heterocycles. The molecule has 25 heavy (non-hydrogen) atoms. The molecule has 0 saturated carbocycles. The Hall–Kier alpha value is -2.49. The number of carbonyl (C=O) groups is 1. The molecule has 2 rings (SSSR count). The van der Waals surface area contributed by atoms with Crippen LogP contribution in [0, 0.1) is 0 Å². The number of allylic oxidation sites excluding steroid dienone is 2. The number of rotatable bonds is 4. The number of hydrogen-bond donors (Lipinski definition) is 2. The van der Waals surface area contributed by atoms with Crippen LogP contribution in [0.4, 0.5) is 26.3 Å². The third-order valence-corrected chi connectivity index (χ3v) is 3.45. The zero-order valence-electron chi connectivity index (χ0n) is 12.4. The molecule has 0 unspecified atom stereocenters. The summed E-state index contributed by atoms with van der Waals surface area (Å²) < 4.78 is 76.8. The maximum absolute atomic E-state index is 12.9. The van der Waals surface area contributed by atoms with Crippen molar-refractivity contribution >= 4 is 6.29 Å². The fraction of sp³-hybridized carbons (Fsp3) is 0.267. The van der Waals surface area contributed by atoms with E-state index in [-0.39, 0.29) is 24.1 Å². The number of aldehydes is 1. The molecule has 1 aliphatic heterocycles. The molecule has 0 aliphatic carbocycles. The predicted octanol–water partition coefficient (Wildman–Crippen LogP) is 3.83. The second-order valence-electron chi connectivity index (χ2n) is 5.21. The number of hydroxylamine groups is 2. The van der Waals surface area contributed by atoms with Crippen molar-refractivity contribution in [1.29, 1.82) is 0 Å². The number of nitrogens with one attached hydrogen (secondary N) is 1. The van der Waals surface area contributed by atoms with Crippen LogP contribution in [0.3, 0.4) is 0 Å². The van der Waals surface area contributed by atoms with Crippen molar-refractivity contribution < 1.29 is 36.3 Å². The van der Waals surface area contributed by atoms with Crippen LogP contribution in [0.25, 0.3) is 0 Å². The van der Waals surface area contributed by atoms with Gasteiger partial charge in [0, 0.05) is 11.9 Å². The second kappa shape index (κ2) is 6.79. The average Bonchev–Trinajstić information content (AvgIpc) is 2.51. The highest BCUT2D eigenvalue weighted by Gasteiger charge is 2.42. The van der Waals surface area contributed by atoms with Gasteiger partial charge in [-0.3, -0.25) is 10.0 Å². The van der Waals surface area contributed by atoms with Crippen LogP contribution in [0.5, 0.6) is 0 Å². The van der Waals surface area contributed by atoms with Gasteiger partial charge in [0.15, 0.2) is 6.29 Å². The van der Waals surface area contributed by atoms with Gasteiger partial charge in [0.25, 0.3) is 0 Å². The molecule has 2 N–H and O–H groups in total. The van der Waals surface area contributed by atoms with Crippen molar-refractivity contribution in [2.75, 3.05) is 0 Å². The third kappa shape index (κ3) is 4.53. The Kier molecular flexibility index (Phi) is 5.12. The van der Waals surface area contributed by atoms with Gasteiger partial charge in [-0.2, -0.15) is 26.3 Å². The van der Waals surface area contributed by atoms with Crippen LogP contribution >= 0.6 is 0 Å². The summed E-state index contributed by atoms with van der Waals surface area (Å²) in [7, 11) is 0. The van der Waals surface area contributed by atoms with Crippen molar-refractivity contribution in [2.45, 2.75) is 25.2 Å². The zero-order valence-corrected chi connectivity index (χ0v) is 12.4. The first kappa shape index (κ1) is 18.8. The van der Waals surface area contributed by atoms with E-state index in [4.69, 9.17) is 0 Å². The summed E-state index contributed by atoms with van der Waals surface area (Å²) in [5, 5.41) is 12.7. The molecule has 0 radical (unpaired) electrons. The summed E-state index contributed by atoms with van der Waals surface area (Å²) in [4.78, 5) is 10.6. The number of alkyl halides is 6. The lowest BCUT2D eigenvalue weighted by molar-refractivity contribution is -0.162. The first-order chi connectivity index (χ1) is 11.5. The maximum atomic E-state index is 12.9. The molecule has 0 amide bonds. The van der Waals surface area contributed by atoms with Crippen LogP contribution in [-0.4, -0.2) is 16.6 Å². The number of carbonyl (C=O) groups excluding carboxylic acids is 1. The van der Waals surface area contributed by atoms with Gasteiger partial charge >= 0.3 is 12.4 Å². The molecule has 1 aromatic carbocycles. The molecule has 1 aliphatic rings. The molecule has 0 atom stereocenters. The molecule has 1 heterocycles. The Labute approximate surface area is 138 Å². The summed E-state index contributed by atoms with van der Waals surface area (Å²) in [6.45, 7) is 0. The fourth-order valence-electron chi connectivity index (χ4n) is 2.22. The summed E-state index contributed by atoms with van der Waals surface area (Å²) in [6.07, 6.45) is -7.40. The van der Waals surface area contributed by atoms with E-state index in [2.05, 4.69) is 5.32 Å². The first-order valence-electron chi connectivity index (χ1n) is 6.90. The van der Waals surface area contributed by atoms with E-state index in [9.17, 15) is 36.3 Å². The monoisotopic (exact) mass is 366 g/mol. The van der Waals surface area contributed by atoms with Crippen molar-refractivity contribution in [3.8, 4) is 0 Å². The van der Waals surface area contributed by atoms with E-state index >= 15 is 0 Å². The van der Waals surface area contributed by atoms with Crippen LogP contribution < -0.4 is 5.32 Å². The topological polar surface area (TPSA) is 52.6 Å². The van der Waals surface area contributed by atoms with Gasteiger partial charge in [-0.05, 0) is 30.5 Å². The van der Waals surface area contributed by atoms with Crippen molar-refractivity contribution in [2.24, 2.45) is 0 Å². The lowest BCUT2D eigenvalue weighted by atomic mass is 9.99. The summed E-state index contributed by atoms with van der Waals surface area (Å²) in [6, 6.07) is 1.85. The zero-order chi connectivity index (χ0) is 18.8. The van der Waals surface area contributed by atoms with Crippen molar-refractivity contribution in [1.82, 2.24) is 10.4 Å². The van der Waals surface area contributed by atoms with E-state index in [1.807, 2.05) is 0 Å². The highest BCUT2D eigenvalue weighted by Crippen LogP contribution is 2.40. The molecule has 136 valence electrons. The summed E-state index contributed by atoms with van der Waals surface area (Å²) in [5.41, 5.74) is -3.12. The molecule has 0 spiro atoms. The second-order valence-corrected chi connectivity index (χ2v) is 5.21. The van der Waals surface area contributed by atoms with Gasteiger partial charge in [0.2, 0.25) is 0 Å². The minimum absolute atomic E-state index is 0.00183. The van der Waals surface area contributed by atoms with E-state index < -0.39 is 23.5 Å². The SMILES string of the molecule is O=CC1=CNC(CCc2ccc(C(F)(F)F)c(C(F)(F)F)c2)=CN1O. The van der Waals surface area contributed by atoms with E-state index in [1.165, 1.54) is 6.20 Å². The summed E-state index contributed by atoms with van der Waals surface area (Å²) in [5.74, 6) is 0. The van der Waals surface area contributed by atoms with Crippen LogP contribution in [0.1, 0.15) is 23.1 Å².